The molecule has 0 aromatic rings. The normalized spacial score (nSPS) is 19.6. The summed E-state index contributed by atoms with van der Waals surface area (Å²) in [5.41, 5.74) is 6.07. The maximum atomic E-state index is 6.07. The van der Waals surface area contributed by atoms with Crippen molar-refractivity contribution < 1.29 is 0 Å². The lowest BCUT2D eigenvalue weighted by Gasteiger charge is -2.32. The summed E-state index contributed by atoms with van der Waals surface area (Å²) in [4.78, 5) is 2.58. The number of rotatable bonds is 7. The Hall–Kier alpha value is -0.0800. The molecule has 0 amide bonds. The van der Waals surface area contributed by atoms with E-state index in [1.807, 2.05) is 0 Å². The van der Waals surface area contributed by atoms with Crippen LogP contribution >= 0.6 is 0 Å². The van der Waals surface area contributed by atoms with Gasteiger partial charge in [0, 0.05) is 12.6 Å². The lowest BCUT2D eigenvalue weighted by atomic mass is 9.85. The van der Waals surface area contributed by atoms with E-state index >= 15 is 0 Å². The summed E-state index contributed by atoms with van der Waals surface area (Å²) < 4.78 is 0. The monoisotopic (exact) mass is 212 g/mol. The fraction of sp³-hybridized carbons (Fsp3) is 1.00. The van der Waals surface area contributed by atoms with E-state index in [0.29, 0.717) is 12.0 Å². The molecule has 1 fully saturated rings. The molecule has 1 saturated carbocycles. The van der Waals surface area contributed by atoms with Gasteiger partial charge in [0.25, 0.3) is 0 Å². The van der Waals surface area contributed by atoms with Crippen LogP contribution < -0.4 is 5.73 Å². The molecule has 1 aliphatic rings. The molecule has 0 spiro atoms. The Labute approximate surface area is 95.2 Å². The van der Waals surface area contributed by atoms with Gasteiger partial charge in [0.15, 0.2) is 0 Å². The Balaban J connectivity index is 2.14. The zero-order chi connectivity index (χ0) is 11.3. The van der Waals surface area contributed by atoms with Crippen molar-refractivity contribution in [3.63, 3.8) is 0 Å². The first-order valence-corrected chi connectivity index (χ1v) is 6.61. The van der Waals surface area contributed by atoms with E-state index in [1.165, 1.54) is 38.9 Å². The van der Waals surface area contributed by atoms with E-state index in [1.54, 1.807) is 0 Å². The van der Waals surface area contributed by atoms with Gasteiger partial charge in [0.1, 0.15) is 0 Å². The highest BCUT2D eigenvalue weighted by Crippen LogP contribution is 2.27. The average molecular weight is 212 g/mol. The van der Waals surface area contributed by atoms with Crippen molar-refractivity contribution in [1.29, 1.82) is 0 Å². The number of hydrogen-bond donors (Lipinski definition) is 1. The Morgan fingerprint density at radius 2 is 2.00 bits per heavy atom. The molecule has 1 unspecified atom stereocenters. The van der Waals surface area contributed by atoms with Gasteiger partial charge in [-0.15, -0.1) is 0 Å². The van der Waals surface area contributed by atoms with Crippen molar-refractivity contribution in [3.8, 4) is 0 Å². The summed E-state index contributed by atoms with van der Waals surface area (Å²) in [5, 5.41) is 0. The van der Waals surface area contributed by atoms with Crippen molar-refractivity contribution in [2.24, 2.45) is 17.6 Å². The second kappa shape index (κ2) is 6.49. The largest absolute Gasteiger partial charge is 0.327 e. The molecule has 1 rings (SSSR count). The van der Waals surface area contributed by atoms with Crippen LogP contribution in [-0.2, 0) is 0 Å². The molecule has 2 heteroatoms. The molecule has 90 valence electrons. The minimum Gasteiger partial charge on any atom is -0.327 e. The minimum absolute atomic E-state index is 0.375. The third kappa shape index (κ3) is 4.52. The Morgan fingerprint density at radius 3 is 2.40 bits per heavy atom. The first-order valence-electron chi connectivity index (χ1n) is 6.61. The Kier molecular flexibility index (Phi) is 5.62. The first kappa shape index (κ1) is 13.0. The second-order valence-electron chi connectivity index (χ2n) is 5.39. The molecule has 0 saturated heterocycles. The molecular weight excluding hydrogens is 184 g/mol. The van der Waals surface area contributed by atoms with Gasteiger partial charge in [-0.2, -0.15) is 0 Å². The van der Waals surface area contributed by atoms with Gasteiger partial charge in [-0.1, -0.05) is 27.2 Å². The van der Waals surface area contributed by atoms with Crippen molar-refractivity contribution in [3.05, 3.63) is 0 Å². The summed E-state index contributed by atoms with van der Waals surface area (Å²) in [6, 6.07) is 0.375. The summed E-state index contributed by atoms with van der Waals surface area (Å²) in [7, 11) is 0. The van der Waals surface area contributed by atoms with Gasteiger partial charge in [-0.05, 0) is 44.2 Å². The molecule has 1 atom stereocenters. The van der Waals surface area contributed by atoms with E-state index < -0.39 is 0 Å². The second-order valence-corrected chi connectivity index (χ2v) is 5.39. The van der Waals surface area contributed by atoms with Gasteiger partial charge in [0.05, 0.1) is 0 Å². The zero-order valence-corrected chi connectivity index (χ0v) is 10.7. The predicted octanol–water partition coefficient (Wildman–Crippen LogP) is 2.48. The molecule has 1 aliphatic carbocycles. The smallest absolute Gasteiger partial charge is 0.00740 e. The molecule has 2 nitrogen and oxygen atoms in total. The summed E-state index contributed by atoms with van der Waals surface area (Å²) in [6.07, 6.45) is 5.51. The van der Waals surface area contributed by atoms with Crippen LogP contribution in [0, 0.1) is 11.8 Å². The highest BCUT2D eigenvalue weighted by Gasteiger charge is 2.20. The van der Waals surface area contributed by atoms with E-state index in [4.69, 9.17) is 5.73 Å². The van der Waals surface area contributed by atoms with Crippen molar-refractivity contribution in [2.75, 3.05) is 19.6 Å². The molecule has 0 radical (unpaired) electrons. The van der Waals surface area contributed by atoms with Crippen molar-refractivity contribution in [2.45, 2.75) is 52.5 Å². The number of hydrogen-bond acceptors (Lipinski definition) is 2. The van der Waals surface area contributed by atoms with Crippen LogP contribution in [-0.4, -0.2) is 30.6 Å². The summed E-state index contributed by atoms with van der Waals surface area (Å²) in [6.45, 7) is 10.4. The van der Waals surface area contributed by atoms with Crippen molar-refractivity contribution >= 4 is 0 Å². The van der Waals surface area contributed by atoms with Crippen LogP contribution in [0.5, 0.6) is 0 Å². The molecule has 0 aliphatic heterocycles. The molecule has 2 N–H and O–H groups in total. The van der Waals surface area contributed by atoms with Crippen LogP contribution in [0.3, 0.4) is 0 Å². The van der Waals surface area contributed by atoms with Gasteiger partial charge >= 0.3 is 0 Å². The zero-order valence-electron chi connectivity index (χ0n) is 10.7. The molecule has 15 heavy (non-hydrogen) atoms. The third-order valence-electron chi connectivity index (χ3n) is 3.82. The topological polar surface area (TPSA) is 29.3 Å². The fourth-order valence-corrected chi connectivity index (χ4v) is 2.08. The van der Waals surface area contributed by atoms with E-state index in [2.05, 4.69) is 25.7 Å². The maximum Gasteiger partial charge on any atom is 0.00740 e. The van der Waals surface area contributed by atoms with Gasteiger partial charge < -0.3 is 10.6 Å². The quantitative estimate of drug-likeness (QED) is 0.702. The molecule has 0 aromatic heterocycles. The molecule has 0 bridgehead atoms. The van der Waals surface area contributed by atoms with E-state index in [-0.39, 0.29) is 0 Å². The van der Waals surface area contributed by atoms with Crippen LogP contribution in [0.4, 0.5) is 0 Å². The van der Waals surface area contributed by atoms with Gasteiger partial charge in [-0.25, -0.2) is 0 Å². The fourth-order valence-electron chi connectivity index (χ4n) is 2.08. The lowest BCUT2D eigenvalue weighted by Crippen LogP contribution is -2.37. The Bertz CT molecular complexity index is 164. The highest BCUT2D eigenvalue weighted by atomic mass is 15.1. The first-order chi connectivity index (χ1) is 7.13. The lowest BCUT2D eigenvalue weighted by molar-refractivity contribution is 0.177. The third-order valence-corrected chi connectivity index (χ3v) is 3.82. The minimum atomic E-state index is 0.375. The number of nitrogens with zero attached hydrogens (tertiary/aromatic N) is 1. The molecule has 0 heterocycles. The van der Waals surface area contributed by atoms with Crippen molar-refractivity contribution in [1.82, 2.24) is 4.90 Å². The maximum absolute atomic E-state index is 6.07. The highest BCUT2D eigenvalue weighted by molar-refractivity contribution is 4.75. The van der Waals surface area contributed by atoms with Crippen LogP contribution in [0.2, 0.25) is 0 Å². The van der Waals surface area contributed by atoms with Crippen LogP contribution in [0.1, 0.15) is 46.5 Å². The molecule has 0 aromatic carbocycles. The summed E-state index contributed by atoms with van der Waals surface area (Å²) >= 11 is 0. The Morgan fingerprint density at radius 1 is 1.33 bits per heavy atom. The SMILES string of the molecule is CCN(CCC(N)C(C)C)CC1CCC1. The van der Waals surface area contributed by atoms with Crippen LogP contribution in [0.15, 0.2) is 0 Å². The predicted molar refractivity (Wildman–Crippen MR) is 66.9 cm³/mol. The van der Waals surface area contributed by atoms with Gasteiger partial charge in [-0.3, -0.25) is 0 Å². The van der Waals surface area contributed by atoms with Crippen LogP contribution in [0.25, 0.3) is 0 Å². The van der Waals surface area contributed by atoms with Gasteiger partial charge in [0.2, 0.25) is 0 Å². The van der Waals surface area contributed by atoms with E-state index in [9.17, 15) is 0 Å². The summed E-state index contributed by atoms with van der Waals surface area (Å²) in [5.74, 6) is 1.60. The number of nitrogens with two attached hydrogens (primary N) is 1. The van der Waals surface area contributed by atoms with E-state index in [0.717, 1.165) is 12.3 Å². The average Bonchev–Trinajstić information content (AvgIpc) is 2.14. The molecular formula is C13H28N2. The standard InChI is InChI=1S/C13H28N2/c1-4-15(10-12-6-5-7-12)9-8-13(14)11(2)3/h11-13H,4-10,14H2,1-3H3.